The third kappa shape index (κ3) is 5.18. The number of benzene rings is 2. The largest absolute Gasteiger partial charge is 0.478 e. The Kier molecular flexibility index (Phi) is 7.16. The second-order valence-electron chi connectivity index (χ2n) is 7.94. The van der Waals surface area contributed by atoms with Gasteiger partial charge in [0.1, 0.15) is 0 Å². The number of rotatable bonds is 8. The Hall–Kier alpha value is -2.17. The molecule has 27 heavy (non-hydrogen) atoms. The van der Waals surface area contributed by atoms with Gasteiger partial charge in [-0.05, 0) is 35.2 Å². The maximum Gasteiger partial charge on any atom is 0.328 e. The molecule has 0 radical (unpaired) electrons. The van der Waals surface area contributed by atoms with Crippen molar-refractivity contribution in [3.05, 3.63) is 72.3 Å². The van der Waals surface area contributed by atoms with E-state index < -0.39 is 14.3 Å². The maximum atomic E-state index is 10.8. The van der Waals surface area contributed by atoms with E-state index in [2.05, 4.69) is 69.3 Å². The van der Waals surface area contributed by atoms with Gasteiger partial charge in [0.25, 0.3) is 8.32 Å². The fraction of sp³-hybridized carbons (Fsp3) is 0.348. The van der Waals surface area contributed by atoms with Gasteiger partial charge in [-0.25, -0.2) is 4.79 Å². The van der Waals surface area contributed by atoms with Crippen molar-refractivity contribution in [1.82, 2.24) is 0 Å². The van der Waals surface area contributed by atoms with Crippen molar-refractivity contribution in [1.29, 1.82) is 0 Å². The van der Waals surface area contributed by atoms with Crippen molar-refractivity contribution >= 4 is 24.7 Å². The summed E-state index contributed by atoms with van der Waals surface area (Å²) in [6.07, 6.45) is 2.81. The van der Waals surface area contributed by atoms with Crippen LogP contribution in [0.1, 0.15) is 40.5 Å². The first-order chi connectivity index (χ1) is 12.8. The molecule has 0 saturated carbocycles. The minimum Gasteiger partial charge on any atom is -0.478 e. The first-order valence-electron chi connectivity index (χ1n) is 9.42. The van der Waals surface area contributed by atoms with Crippen LogP contribution in [0.2, 0.25) is 5.04 Å². The molecule has 0 fully saturated rings. The summed E-state index contributed by atoms with van der Waals surface area (Å²) in [4.78, 5) is 10.8. The minimum atomic E-state index is -2.49. The molecule has 4 heteroatoms. The van der Waals surface area contributed by atoms with Crippen LogP contribution in [0.15, 0.2) is 72.3 Å². The van der Waals surface area contributed by atoms with Crippen LogP contribution in [0.3, 0.4) is 0 Å². The summed E-state index contributed by atoms with van der Waals surface area (Å²) >= 11 is 0. The SMILES string of the molecule is C/C(=C\C(=O)O)CCCO[Si](c1ccccc1)(c1ccccc1)C(C)(C)C. The van der Waals surface area contributed by atoms with E-state index in [1.54, 1.807) is 0 Å². The summed E-state index contributed by atoms with van der Waals surface area (Å²) in [5.74, 6) is -0.889. The molecule has 0 aromatic heterocycles. The third-order valence-electron chi connectivity index (χ3n) is 4.82. The zero-order valence-electron chi connectivity index (χ0n) is 16.7. The zero-order valence-corrected chi connectivity index (χ0v) is 17.7. The van der Waals surface area contributed by atoms with Gasteiger partial charge < -0.3 is 9.53 Å². The lowest BCUT2D eigenvalue weighted by Gasteiger charge is -2.43. The fourth-order valence-corrected chi connectivity index (χ4v) is 8.23. The van der Waals surface area contributed by atoms with Gasteiger partial charge in [0.05, 0.1) is 0 Å². The van der Waals surface area contributed by atoms with E-state index in [0.717, 1.165) is 18.4 Å². The first-order valence-corrected chi connectivity index (χ1v) is 11.3. The molecule has 0 aliphatic carbocycles. The van der Waals surface area contributed by atoms with Gasteiger partial charge in [0.2, 0.25) is 0 Å². The fourth-order valence-electron chi connectivity index (χ4n) is 3.62. The minimum absolute atomic E-state index is 0.0400. The predicted octanol–water partition coefficient (Wildman–Crippen LogP) is 4.37. The Balaban J connectivity index is 2.34. The van der Waals surface area contributed by atoms with Gasteiger partial charge in [0, 0.05) is 12.7 Å². The lowest BCUT2D eigenvalue weighted by molar-refractivity contribution is -0.131. The number of carboxylic acid groups (broad SMARTS) is 1. The van der Waals surface area contributed by atoms with E-state index in [9.17, 15) is 4.79 Å². The summed E-state index contributed by atoms with van der Waals surface area (Å²) in [6, 6.07) is 21.1. The quantitative estimate of drug-likeness (QED) is 0.419. The van der Waals surface area contributed by atoms with Gasteiger partial charge in [-0.3, -0.25) is 0 Å². The molecule has 2 aromatic carbocycles. The highest BCUT2D eigenvalue weighted by Crippen LogP contribution is 2.36. The highest BCUT2D eigenvalue weighted by atomic mass is 28.4. The van der Waals surface area contributed by atoms with E-state index in [0.29, 0.717) is 6.61 Å². The second kappa shape index (κ2) is 9.15. The second-order valence-corrected chi connectivity index (χ2v) is 12.2. The Labute approximate surface area is 163 Å². The molecule has 0 bridgehead atoms. The molecule has 0 saturated heterocycles. The molecule has 2 rings (SSSR count). The Bertz CT molecular complexity index is 722. The highest BCUT2D eigenvalue weighted by molar-refractivity contribution is 6.99. The summed E-state index contributed by atoms with van der Waals surface area (Å²) in [5.41, 5.74) is 0.869. The molecule has 0 heterocycles. The van der Waals surface area contributed by atoms with Crippen LogP contribution >= 0.6 is 0 Å². The predicted molar refractivity (Wildman–Crippen MR) is 114 cm³/mol. The molecule has 0 amide bonds. The van der Waals surface area contributed by atoms with Gasteiger partial charge in [-0.1, -0.05) is 87.0 Å². The number of allylic oxidation sites excluding steroid dienone is 1. The van der Waals surface area contributed by atoms with Crippen LogP contribution in [-0.4, -0.2) is 26.0 Å². The van der Waals surface area contributed by atoms with Crippen LogP contribution in [0.25, 0.3) is 0 Å². The van der Waals surface area contributed by atoms with E-state index in [1.165, 1.54) is 16.4 Å². The lowest BCUT2D eigenvalue weighted by atomic mass is 10.1. The molecule has 1 N–H and O–H groups in total. The topological polar surface area (TPSA) is 46.5 Å². The van der Waals surface area contributed by atoms with Crippen molar-refractivity contribution < 1.29 is 14.3 Å². The molecule has 144 valence electrons. The number of carbonyl (C=O) groups is 1. The summed E-state index contributed by atoms with van der Waals surface area (Å²) < 4.78 is 6.79. The van der Waals surface area contributed by atoms with Gasteiger partial charge in [-0.2, -0.15) is 0 Å². The number of carboxylic acids is 1. The average molecular weight is 383 g/mol. The van der Waals surface area contributed by atoms with Crippen LogP contribution in [0, 0.1) is 0 Å². The summed E-state index contributed by atoms with van der Waals surface area (Å²) in [7, 11) is -2.49. The maximum absolute atomic E-state index is 10.8. The molecular weight excluding hydrogens is 352 g/mol. The molecule has 0 spiro atoms. The van der Waals surface area contributed by atoms with Crippen molar-refractivity contribution in [3.63, 3.8) is 0 Å². The molecule has 0 atom stereocenters. The average Bonchev–Trinajstić information content (AvgIpc) is 2.61. The first kappa shape index (κ1) is 21.1. The number of hydrogen-bond acceptors (Lipinski definition) is 2. The van der Waals surface area contributed by atoms with Crippen LogP contribution < -0.4 is 10.4 Å². The van der Waals surface area contributed by atoms with Crippen molar-refractivity contribution in [3.8, 4) is 0 Å². The van der Waals surface area contributed by atoms with E-state index in [-0.39, 0.29) is 5.04 Å². The molecule has 0 unspecified atom stereocenters. The lowest BCUT2D eigenvalue weighted by Crippen LogP contribution is -2.66. The van der Waals surface area contributed by atoms with E-state index in [1.807, 2.05) is 19.1 Å². The number of aliphatic carboxylic acids is 1. The van der Waals surface area contributed by atoms with Crippen molar-refractivity contribution in [2.24, 2.45) is 0 Å². The molecular formula is C23H30O3Si. The summed E-state index contributed by atoms with van der Waals surface area (Å²) in [5, 5.41) is 11.4. The Morgan fingerprint density at radius 3 is 1.89 bits per heavy atom. The molecule has 2 aromatic rings. The summed E-state index contributed by atoms with van der Waals surface area (Å²) in [6.45, 7) is 9.24. The monoisotopic (exact) mass is 382 g/mol. The number of hydrogen-bond donors (Lipinski definition) is 1. The standard InChI is InChI=1S/C23H30O3Si/c1-19(18-22(24)25)12-11-17-26-27(23(2,3)4,20-13-7-5-8-14-20)21-15-9-6-10-16-21/h5-10,13-16,18H,11-12,17H2,1-4H3,(H,24,25)/b19-18+. The normalized spacial score (nSPS) is 12.8. The van der Waals surface area contributed by atoms with Crippen molar-refractivity contribution in [2.45, 2.75) is 45.6 Å². The smallest absolute Gasteiger partial charge is 0.328 e. The van der Waals surface area contributed by atoms with E-state index >= 15 is 0 Å². The molecule has 0 aliphatic heterocycles. The molecule has 3 nitrogen and oxygen atoms in total. The Morgan fingerprint density at radius 1 is 1.00 bits per heavy atom. The highest BCUT2D eigenvalue weighted by Gasteiger charge is 2.49. The zero-order chi connectivity index (χ0) is 19.9. The van der Waals surface area contributed by atoms with Gasteiger partial charge >= 0.3 is 5.97 Å². The van der Waals surface area contributed by atoms with Crippen LogP contribution in [0.4, 0.5) is 0 Å². The van der Waals surface area contributed by atoms with Gasteiger partial charge in [0.15, 0.2) is 0 Å². The van der Waals surface area contributed by atoms with E-state index in [4.69, 9.17) is 9.53 Å². The Morgan fingerprint density at radius 2 is 1.48 bits per heavy atom. The van der Waals surface area contributed by atoms with Crippen LogP contribution in [-0.2, 0) is 9.22 Å². The third-order valence-corrected chi connectivity index (χ3v) is 9.86. The van der Waals surface area contributed by atoms with Crippen molar-refractivity contribution in [2.75, 3.05) is 6.61 Å². The van der Waals surface area contributed by atoms with Crippen LogP contribution in [0.5, 0.6) is 0 Å². The van der Waals surface area contributed by atoms with Gasteiger partial charge in [-0.15, -0.1) is 0 Å². The molecule has 0 aliphatic rings.